The van der Waals surface area contributed by atoms with E-state index in [2.05, 4.69) is 10.3 Å². The molecular formula is C17H15ClN2O4. The Labute approximate surface area is 144 Å². The van der Waals surface area contributed by atoms with Gasteiger partial charge in [-0.05, 0) is 24.3 Å². The van der Waals surface area contributed by atoms with Crippen molar-refractivity contribution in [3.63, 3.8) is 0 Å². The molecule has 0 aliphatic carbocycles. The molecule has 0 saturated heterocycles. The number of nitrogens with zero attached hydrogens (tertiary/aromatic N) is 1. The monoisotopic (exact) mass is 346 g/mol. The number of rotatable bonds is 6. The second kappa shape index (κ2) is 8.69. The minimum atomic E-state index is -0.645. The molecule has 7 heteroatoms. The Morgan fingerprint density at radius 2 is 2.04 bits per heavy atom. The van der Waals surface area contributed by atoms with Crippen molar-refractivity contribution in [2.24, 2.45) is 0 Å². The number of nitrogens with one attached hydrogen (secondary N) is 1. The van der Waals surface area contributed by atoms with E-state index in [-0.39, 0.29) is 5.15 Å². The normalized spacial score (nSPS) is 10.4. The third-order valence-electron chi connectivity index (χ3n) is 2.92. The van der Waals surface area contributed by atoms with Gasteiger partial charge in [-0.1, -0.05) is 29.8 Å². The van der Waals surface area contributed by atoms with E-state index in [4.69, 9.17) is 21.1 Å². The second-order valence-corrected chi connectivity index (χ2v) is 4.93. The van der Waals surface area contributed by atoms with E-state index in [0.29, 0.717) is 11.4 Å². The van der Waals surface area contributed by atoms with Gasteiger partial charge in [0.25, 0.3) is 5.91 Å². The molecule has 0 unspecified atom stereocenters. The number of amides is 1. The first-order valence-corrected chi connectivity index (χ1v) is 7.36. The minimum Gasteiger partial charge on any atom is -0.496 e. The highest BCUT2D eigenvalue weighted by atomic mass is 35.5. The fourth-order valence-corrected chi connectivity index (χ4v) is 1.98. The largest absolute Gasteiger partial charge is 0.496 e. The SMILES string of the molecule is COc1ccccc1C=CC(=O)OCC(=O)Nc1cccnc1Cl. The minimum absolute atomic E-state index is 0.160. The van der Waals surface area contributed by atoms with Gasteiger partial charge in [0.1, 0.15) is 5.75 Å². The number of hydrogen-bond acceptors (Lipinski definition) is 5. The van der Waals surface area contributed by atoms with Crippen molar-refractivity contribution in [2.75, 3.05) is 19.0 Å². The Hall–Kier alpha value is -2.86. The van der Waals surface area contributed by atoms with Gasteiger partial charge < -0.3 is 14.8 Å². The van der Waals surface area contributed by atoms with Crippen LogP contribution in [0.15, 0.2) is 48.7 Å². The highest BCUT2D eigenvalue weighted by Gasteiger charge is 2.08. The zero-order chi connectivity index (χ0) is 17.4. The van der Waals surface area contributed by atoms with Crippen LogP contribution in [0.25, 0.3) is 6.08 Å². The molecule has 0 radical (unpaired) electrons. The number of para-hydroxylation sites is 1. The van der Waals surface area contributed by atoms with Crippen LogP contribution in [0.5, 0.6) is 5.75 Å². The molecule has 0 fully saturated rings. The maximum absolute atomic E-state index is 11.7. The highest BCUT2D eigenvalue weighted by Crippen LogP contribution is 2.19. The lowest BCUT2D eigenvalue weighted by atomic mass is 10.2. The van der Waals surface area contributed by atoms with Crippen LogP contribution in [0.3, 0.4) is 0 Å². The predicted molar refractivity (Wildman–Crippen MR) is 90.9 cm³/mol. The van der Waals surface area contributed by atoms with Crippen LogP contribution >= 0.6 is 11.6 Å². The van der Waals surface area contributed by atoms with Crippen LogP contribution in [0.4, 0.5) is 5.69 Å². The second-order valence-electron chi connectivity index (χ2n) is 4.57. The summed E-state index contributed by atoms with van der Waals surface area (Å²) in [7, 11) is 1.54. The topological polar surface area (TPSA) is 77.5 Å². The predicted octanol–water partition coefficient (Wildman–Crippen LogP) is 2.94. The summed E-state index contributed by atoms with van der Waals surface area (Å²) in [5.41, 5.74) is 1.08. The zero-order valence-electron chi connectivity index (χ0n) is 12.9. The van der Waals surface area contributed by atoms with Crippen molar-refractivity contribution in [1.82, 2.24) is 4.98 Å². The molecule has 124 valence electrons. The molecule has 1 N–H and O–H groups in total. The van der Waals surface area contributed by atoms with Crippen LogP contribution in [-0.4, -0.2) is 30.6 Å². The Morgan fingerprint density at radius 3 is 2.79 bits per heavy atom. The molecule has 2 aromatic rings. The molecule has 2 rings (SSSR count). The van der Waals surface area contributed by atoms with Crippen molar-refractivity contribution >= 4 is 35.2 Å². The zero-order valence-corrected chi connectivity index (χ0v) is 13.6. The molecule has 0 atom stereocenters. The quantitative estimate of drug-likeness (QED) is 0.494. The Bertz CT molecular complexity index is 762. The number of carbonyl (C=O) groups excluding carboxylic acids is 2. The van der Waals surface area contributed by atoms with Crippen LogP contribution in [0.2, 0.25) is 5.15 Å². The number of esters is 1. The molecule has 0 aliphatic heterocycles. The summed E-state index contributed by atoms with van der Waals surface area (Å²) in [6.45, 7) is -0.430. The van der Waals surface area contributed by atoms with Crippen molar-refractivity contribution < 1.29 is 19.1 Å². The van der Waals surface area contributed by atoms with Crippen molar-refractivity contribution in [2.45, 2.75) is 0 Å². The third kappa shape index (κ3) is 5.10. The summed E-state index contributed by atoms with van der Waals surface area (Å²) in [4.78, 5) is 27.2. The maximum atomic E-state index is 11.7. The smallest absolute Gasteiger partial charge is 0.331 e. The molecular weight excluding hydrogens is 332 g/mol. The lowest BCUT2D eigenvalue weighted by Gasteiger charge is -2.06. The molecule has 1 aromatic carbocycles. The Kier molecular flexibility index (Phi) is 6.33. The van der Waals surface area contributed by atoms with Crippen molar-refractivity contribution in [1.29, 1.82) is 0 Å². The summed E-state index contributed by atoms with van der Waals surface area (Å²) in [5, 5.41) is 2.66. The fraction of sp³-hybridized carbons (Fsp3) is 0.118. The maximum Gasteiger partial charge on any atom is 0.331 e. The first kappa shape index (κ1) is 17.5. The highest BCUT2D eigenvalue weighted by molar-refractivity contribution is 6.32. The van der Waals surface area contributed by atoms with E-state index in [0.717, 1.165) is 5.56 Å². The van der Waals surface area contributed by atoms with Gasteiger partial charge in [-0.3, -0.25) is 4.79 Å². The fourth-order valence-electron chi connectivity index (χ4n) is 1.81. The molecule has 0 aliphatic rings. The van der Waals surface area contributed by atoms with Crippen LogP contribution in [-0.2, 0) is 14.3 Å². The van der Waals surface area contributed by atoms with Gasteiger partial charge in [0.15, 0.2) is 11.8 Å². The molecule has 6 nitrogen and oxygen atoms in total. The molecule has 1 aromatic heterocycles. The van der Waals surface area contributed by atoms with E-state index >= 15 is 0 Å². The van der Waals surface area contributed by atoms with Gasteiger partial charge in [0.2, 0.25) is 0 Å². The van der Waals surface area contributed by atoms with Gasteiger partial charge in [0, 0.05) is 17.8 Å². The average molecular weight is 347 g/mol. The summed E-state index contributed by atoms with van der Waals surface area (Å²) in [5.74, 6) is -0.525. The van der Waals surface area contributed by atoms with E-state index in [1.807, 2.05) is 12.1 Å². The van der Waals surface area contributed by atoms with Crippen LogP contribution in [0, 0.1) is 0 Å². The summed E-state index contributed by atoms with van der Waals surface area (Å²) < 4.78 is 10.0. The van der Waals surface area contributed by atoms with Crippen LogP contribution in [0.1, 0.15) is 5.56 Å². The first-order chi connectivity index (χ1) is 11.6. The van der Waals surface area contributed by atoms with Gasteiger partial charge >= 0.3 is 5.97 Å². The van der Waals surface area contributed by atoms with E-state index in [9.17, 15) is 9.59 Å². The Morgan fingerprint density at radius 1 is 1.25 bits per heavy atom. The Balaban J connectivity index is 1.85. The van der Waals surface area contributed by atoms with Gasteiger partial charge in [-0.2, -0.15) is 0 Å². The number of ether oxygens (including phenoxy) is 2. The molecule has 0 saturated carbocycles. The van der Waals surface area contributed by atoms with Crippen molar-refractivity contribution in [3.05, 3.63) is 59.4 Å². The number of pyridine rings is 1. The summed E-state index contributed by atoms with van der Waals surface area (Å²) >= 11 is 5.82. The number of aromatic nitrogens is 1. The van der Waals surface area contributed by atoms with E-state index in [1.54, 1.807) is 37.5 Å². The standard InChI is InChI=1S/C17H15ClN2O4/c1-23-14-7-3-2-5-12(14)8-9-16(22)24-11-15(21)20-13-6-4-10-19-17(13)18/h2-10H,11H2,1H3,(H,20,21). The van der Waals surface area contributed by atoms with Gasteiger partial charge in [0.05, 0.1) is 12.8 Å². The summed E-state index contributed by atoms with van der Waals surface area (Å²) in [6, 6.07) is 10.4. The number of benzene rings is 1. The number of hydrogen-bond donors (Lipinski definition) is 1. The van der Waals surface area contributed by atoms with Crippen molar-refractivity contribution in [3.8, 4) is 5.75 Å². The van der Waals surface area contributed by atoms with Gasteiger partial charge in [-0.25, -0.2) is 9.78 Å². The molecule has 0 spiro atoms. The number of methoxy groups -OCH3 is 1. The molecule has 0 bridgehead atoms. The summed E-state index contributed by atoms with van der Waals surface area (Å²) in [6.07, 6.45) is 4.28. The number of anilines is 1. The molecule has 1 heterocycles. The van der Waals surface area contributed by atoms with Crippen LogP contribution < -0.4 is 10.1 Å². The molecule has 24 heavy (non-hydrogen) atoms. The third-order valence-corrected chi connectivity index (χ3v) is 3.22. The van der Waals surface area contributed by atoms with E-state index < -0.39 is 18.5 Å². The van der Waals surface area contributed by atoms with E-state index in [1.165, 1.54) is 12.3 Å². The first-order valence-electron chi connectivity index (χ1n) is 6.98. The lowest BCUT2D eigenvalue weighted by molar-refractivity contribution is -0.142. The molecule has 1 amide bonds. The average Bonchev–Trinajstić information content (AvgIpc) is 2.60. The lowest BCUT2D eigenvalue weighted by Crippen LogP contribution is -2.20. The van der Waals surface area contributed by atoms with Gasteiger partial charge in [-0.15, -0.1) is 0 Å². The number of halogens is 1. The number of carbonyl (C=O) groups is 2.